The number of methoxy groups -OCH3 is 1. The second-order valence-electron chi connectivity index (χ2n) is 4.34. The summed E-state index contributed by atoms with van der Waals surface area (Å²) < 4.78 is 31.2. The molecule has 0 radical (unpaired) electrons. The molecule has 0 atom stereocenters. The first-order valence-electron chi connectivity index (χ1n) is 5.71. The maximum atomic E-state index is 11.6. The quantitative estimate of drug-likeness (QED) is 0.599. The van der Waals surface area contributed by atoms with Crippen molar-refractivity contribution in [1.29, 1.82) is 0 Å². The van der Waals surface area contributed by atoms with E-state index in [4.69, 9.17) is 4.74 Å². The Labute approximate surface area is 98.0 Å². The Balaban J connectivity index is 2.30. The third kappa shape index (κ3) is 4.01. The molecule has 6 heteroatoms. The zero-order chi connectivity index (χ0) is 12.1. The van der Waals surface area contributed by atoms with Crippen LogP contribution in [0.1, 0.15) is 25.7 Å². The van der Waals surface area contributed by atoms with Gasteiger partial charge in [-0.2, -0.15) is 0 Å². The summed E-state index contributed by atoms with van der Waals surface area (Å²) in [5.41, 5.74) is -0.240. The van der Waals surface area contributed by atoms with Gasteiger partial charge in [0, 0.05) is 13.7 Å². The Morgan fingerprint density at radius 1 is 1.38 bits per heavy atom. The molecule has 0 heterocycles. The van der Waals surface area contributed by atoms with Gasteiger partial charge >= 0.3 is 0 Å². The highest BCUT2D eigenvalue weighted by Crippen LogP contribution is 2.34. The van der Waals surface area contributed by atoms with Gasteiger partial charge in [-0.1, -0.05) is 0 Å². The molecule has 1 rings (SSSR count). The molecule has 1 aliphatic carbocycles. The zero-order valence-electron chi connectivity index (χ0n) is 10.1. The summed E-state index contributed by atoms with van der Waals surface area (Å²) in [5, 5.41) is 2.93. The largest absolute Gasteiger partial charge is 0.377 e. The van der Waals surface area contributed by atoms with Crippen LogP contribution >= 0.6 is 0 Å². The smallest absolute Gasteiger partial charge is 0.211 e. The van der Waals surface area contributed by atoms with Crippen LogP contribution in [0, 0.1) is 0 Å². The number of rotatable bonds is 8. The summed E-state index contributed by atoms with van der Waals surface area (Å²) in [7, 11) is 0.318. The molecular formula is C10H22N2O3S. The van der Waals surface area contributed by atoms with Crippen molar-refractivity contribution in [2.24, 2.45) is 0 Å². The van der Waals surface area contributed by atoms with Crippen molar-refractivity contribution in [3.63, 3.8) is 0 Å². The molecule has 0 aromatic rings. The van der Waals surface area contributed by atoms with E-state index in [1.165, 1.54) is 0 Å². The van der Waals surface area contributed by atoms with Gasteiger partial charge in [0.1, 0.15) is 0 Å². The van der Waals surface area contributed by atoms with E-state index in [1.54, 1.807) is 7.11 Å². The van der Waals surface area contributed by atoms with Crippen molar-refractivity contribution in [3.8, 4) is 0 Å². The summed E-state index contributed by atoms with van der Waals surface area (Å²) in [5.74, 6) is 0.174. The minimum Gasteiger partial charge on any atom is -0.377 e. The van der Waals surface area contributed by atoms with Crippen LogP contribution in [0.2, 0.25) is 0 Å². The van der Waals surface area contributed by atoms with Crippen molar-refractivity contribution >= 4 is 10.0 Å². The van der Waals surface area contributed by atoms with E-state index in [1.807, 2.05) is 7.05 Å². The Hall–Kier alpha value is -0.170. The van der Waals surface area contributed by atoms with E-state index in [0.29, 0.717) is 13.0 Å². The average Bonchev–Trinajstić information content (AvgIpc) is 2.17. The van der Waals surface area contributed by atoms with Crippen LogP contribution in [0.4, 0.5) is 0 Å². The topological polar surface area (TPSA) is 67.4 Å². The Bertz CT molecular complexity index is 294. The number of hydrogen-bond donors (Lipinski definition) is 2. The van der Waals surface area contributed by atoms with E-state index < -0.39 is 10.0 Å². The third-order valence-corrected chi connectivity index (χ3v) is 4.56. The molecule has 16 heavy (non-hydrogen) atoms. The molecule has 0 spiro atoms. The SMILES string of the molecule is CNCCCS(=O)(=O)NCC1(OC)CCC1. The van der Waals surface area contributed by atoms with E-state index in [9.17, 15) is 8.42 Å². The summed E-state index contributed by atoms with van der Waals surface area (Å²) in [4.78, 5) is 0. The maximum Gasteiger partial charge on any atom is 0.211 e. The number of hydrogen-bond acceptors (Lipinski definition) is 4. The molecule has 0 aliphatic heterocycles. The van der Waals surface area contributed by atoms with Crippen LogP contribution < -0.4 is 10.0 Å². The lowest BCUT2D eigenvalue weighted by atomic mass is 9.80. The highest BCUT2D eigenvalue weighted by molar-refractivity contribution is 7.89. The molecule has 0 saturated heterocycles. The molecule has 1 aliphatic rings. The van der Waals surface area contributed by atoms with Crippen molar-refractivity contribution in [3.05, 3.63) is 0 Å². The molecule has 1 fully saturated rings. The first kappa shape index (κ1) is 13.9. The first-order chi connectivity index (χ1) is 7.54. The van der Waals surface area contributed by atoms with Crippen molar-refractivity contribution < 1.29 is 13.2 Å². The van der Waals surface area contributed by atoms with Crippen LogP contribution in [-0.2, 0) is 14.8 Å². The molecule has 2 N–H and O–H groups in total. The fourth-order valence-electron chi connectivity index (χ4n) is 1.78. The lowest BCUT2D eigenvalue weighted by Gasteiger charge is -2.40. The van der Waals surface area contributed by atoms with E-state index in [0.717, 1.165) is 25.8 Å². The minimum absolute atomic E-state index is 0.174. The second-order valence-corrected chi connectivity index (χ2v) is 6.26. The standard InChI is InChI=1S/C10H22N2O3S/c1-11-7-4-8-16(13,14)12-9-10(15-2)5-3-6-10/h11-12H,3-9H2,1-2H3. The summed E-state index contributed by atoms with van der Waals surface area (Å²) in [6, 6.07) is 0. The van der Waals surface area contributed by atoms with Gasteiger partial charge in [0.05, 0.1) is 11.4 Å². The molecule has 0 bridgehead atoms. The lowest BCUT2D eigenvalue weighted by molar-refractivity contribution is -0.0659. The highest BCUT2D eigenvalue weighted by atomic mass is 32.2. The van der Waals surface area contributed by atoms with Crippen molar-refractivity contribution in [1.82, 2.24) is 10.0 Å². The van der Waals surface area contributed by atoms with Crippen molar-refractivity contribution in [2.45, 2.75) is 31.3 Å². The van der Waals surface area contributed by atoms with Gasteiger partial charge in [0.25, 0.3) is 0 Å². The molecule has 1 saturated carbocycles. The average molecular weight is 250 g/mol. The van der Waals surface area contributed by atoms with Crippen LogP contribution in [0.25, 0.3) is 0 Å². The molecule has 5 nitrogen and oxygen atoms in total. The predicted molar refractivity (Wildman–Crippen MR) is 63.9 cm³/mol. The molecule has 0 aromatic carbocycles. The molecule has 0 unspecified atom stereocenters. The lowest BCUT2D eigenvalue weighted by Crippen LogP contribution is -2.49. The Morgan fingerprint density at radius 2 is 2.06 bits per heavy atom. The zero-order valence-corrected chi connectivity index (χ0v) is 10.9. The normalized spacial score (nSPS) is 19.4. The van der Waals surface area contributed by atoms with Gasteiger partial charge in [-0.25, -0.2) is 13.1 Å². The molecular weight excluding hydrogens is 228 g/mol. The van der Waals surface area contributed by atoms with Gasteiger partial charge in [-0.3, -0.25) is 0 Å². The van der Waals surface area contributed by atoms with Gasteiger partial charge in [0.15, 0.2) is 0 Å². The maximum absolute atomic E-state index is 11.6. The summed E-state index contributed by atoms with van der Waals surface area (Å²) >= 11 is 0. The third-order valence-electron chi connectivity index (χ3n) is 3.15. The molecule has 0 aromatic heterocycles. The van der Waals surface area contributed by atoms with E-state index in [2.05, 4.69) is 10.0 Å². The minimum atomic E-state index is -3.14. The fraction of sp³-hybridized carbons (Fsp3) is 1.00. The predicted octanol–water partition coefficient (Wildman–Crippen LogP) is 0.0844. The van der Waals surface area contributed by atoms with Crippen molar-refractivity contribution in [2.75, 3.05) is 33.0 Å². The van der Waals surface area contributed by atoms with Gasteiger partial charge in [-0.05, 0) is 39.3 Å². The fourth-order valence-corrected chi connectivity index (χ4v) is 2.93. The number of sulfonamides is 1. The van der Waals surface area contributed by atoms with Crippen LogP contribution in [0.3, 0.4) is 0 Å². The summed E-state index contributed by atoms with van der Waals surface area (Å²) in [6.45, 7) is 1.13. The second kappa shape index (κ2) is 5.95. The number of nitrogens with one attached hydrogen (secondary N) is 2. The highest BCUT2D eigenvalue weighted by Gasteiger charge is 2.37. The van der Waals surface area contributed by atoms with Gasteiger partial charge in [0.2, 0.25) is 10.0 Å². The first-order valence-corrected chi connectivity index (χ1v) is 7.36. The Morgan fingerprint density at radius 3 is 2.50 bits per heavy atom. The monoisotopic (exact) mass is 250 g/mol. The van der Waals surface area contributed by atoms with E-state index in [-0.39, 0.29) is 11.4 Å². The molecule has 0 amide bonds. The van der Waals surface area contributed by atoms with Gasteiger partial charge < -0.3 is 10.1 Å². The van der Waals surface area contributed by atoms with Gasteiger partial charge in [-0.15, -0.1) is 0 Å². The van der Waals surface area contributed by atoms with Crippen LogP contribution in [0.5, 0.6) is 0 Å². The van der Waals surface area contributed by atoms with Crippen LogP contribution in [0.15, 0.2) is 0 Å². The van der Waals surface area contributed by atoms with Crippen LogP contribution in [-0.4, -0.2) is 47.0 Å². The molecule has 96 valence electrons. The van der Waals surface area contributed by atoms with E-state index >= 15 is 0 Å². The Kier molecular flexibility index (Phi) is 5.17. The number of ether oxygens (including phenoxy) is 1. The summed E-state index contributed by atoms with van der Waals surface area (Å²) in [6.07, 6.45) is 3.65.